The summed E-state index contributed by atoms with van der Waals surface area (Å²) in [6.07, 6.45) is 0. The minimum Gasteiger partial charge on any atom is -0.281 e. The minimum atomic E-state index is -4.50. The second kappa shape index (κ2) is 3.46. The van der Waals surface area contributed by atoms with Gasteiger partial charge < -0.3 is 0 Å². The summed E-state index contributed by atoms with van der Waals surface area (Å²) in [5.74, 6) is 0. The Bertz CT molecular complexity index is 555. The number of rotatable bonds is 2. The smallest absolute Gasteiger partial charge is 0.281 e. The van der Waals surface area contributed by atoms with Crippen LogP contribution in [0.5, 0.6) is 0 Å². The Morgan fingerprint density at radius 3 is 3.00 bits per heavy atom. The maximum Gasteiger partial charge on any atom is 0.413 e. The second-order valence-electron chi connectivity index (χ2n) is 4.13. The summed E-state index contributed by atoms with van der Waals surface area (Å²) in [6.45, 7) is 1.56. The average Bonchev–Trinajstić information content (AvgIpc) is 2.70. The van der Waals surface area contributed by atoms with Crippen LogP contribution in [0.2, 0.25) is 0 Å². The van der Waals surface area contributed by atoms with Crippen LogP contribution in [0.15, 0.2) is 0 Å². The van der Waals surface area contributed by atoms with Crippen LogP contribution in [-0.4, -0.2) is 51.1 Å². The second-order valence-corrected chi connectivity index (χ2v) is 5.14. The highest BCUT2D eigenvalue weighted by atomic mass is 32.3. The van der Waals surface area contributed by atoms with E-state index in [4.69, 9.17) is 4.55 Å². The van der Waals surface area contributed by atoms with E-state index in [1.807, 2.05) is 4.90 Å². The number of hydrogen-bond acceptors (Lipinski definition) is 7. The van der Waals surface area contributed by atoms with E-state index in [2.05, 4.69) is 14.6 Å². The molecule has 1 aromatic rings. The van der Waals surface area contributed by atoms with E-state index >= 15 is 0 Å². The van der Waals surface area contributed by atoms with Crippen molar-refractivity contribution in [3.05, 3.63) is 11.4 Å². The highest BCUT2D eigenvalue weighted by Crippen LogP contribution is 2.35. The van der Waals surface area contributed by atoms with Gasteiger partial charge in [0, 0.05) is 20.1 Å². The Kier molecular flexibility index (Phi) is 2.25. The third-order valence-electron chi connectivity index (χ3n) is 2.97. The van der Waals surface area contributed by atoms with Gasteiger partial charge in [0.2, 0.25) is 0 Å². The van der Waals surface area contributed by atoms with Gasteiger partial charge in [-0.1, -0.05) is 5.21 Å². The van der Waals surface area contributed by atoms with Gasteiger partial charge in [0.15, 0.2) is 0 Å². The number of aryl methyl sites for hydroxylation is 1. The first-order chi connectivity index (χ1) is 7.94. The van der Waals surface area contributed by atoms with Gasteiger partial charge in [0.25, 0.3) is 0 Å². The molecule has 0 amide bonds. The fraction of sp³-hybridized carbons (Fsp3) is 0.714. The first-order valence-electron chi connectivity index (χ1n) is 4.98. The molecule has 1 fully saturated rings. The highest BCUT2D eigenvalue weighted by molar-refractivity contribution is 7.80. The van der Waals surface area contributed by atoms with E-state index in [1.54, 1.807) is 11.7 Å². The zero-order valence-corrected chi connectivity index (χ0v) is 9.83. The molecule has 9 nitrogen and oxygen atoms in total. The van der Waals surface area contributed by atoms with Crippen LogP contribution in [0.1, 0.15) is 17.4 Å². The number of hydroxylamine groups is 2. The lowest BCUT2D eigenvalue weighted by Crippen LogP contribution is -2.28. The van der Waals surface area contributed by atoms with E-state index in [-0.39, 0.29) is 6.04 Å². The quantitative estimate of drug-likeness (QED) is 0.654. The molecule has 17 heavy (non-hydrogen) atoms. The molecule has 1 N–H and O–H groups in total. The fourth-order valence-electron chi connectivity index (χ4n) is 2.27. The molecule has 0 saturated carbocycles. The molecule has 3 heterocycles. The third-order valence-corrected chi connectivity index (χ3v) is 3.35. The van der Waals surface area contributed by atoms with E-state index in [1.165, 1.54) is 5.06 Å². The molecule has 0 radical (unpaired) electrons. The van der Waals surface area contributed by atoms with Crippen LogP contribution in [0.4, 0.5) is 0 Å². The van der Waals surface area contributed by atoms with E-state index < -0.39 is 10.4 Å². The Hall–Kier alpha value is -1.07. The van der Waals surface area contributed by atoms with E-state index in [0.717, 1.165) is 5.69 Å². The first-order valence-corrected chi connectivity index (χ1v) is 6.35. The molecule has 2 aliphatic rings. The maximum absolute atomic E-state index is 10.7. The Morgan fingerprint density at radius 2 is 2.29 bits per heavy atom. The number of aromatic nitrogens is 3. The fourth-order valence-corrected chi connectivity index (χ4v) is 2.66. The molecule has 0 aliphatic carbocycles. The summed E-state index contributed by atoms with van der Waals surface area (Å²) in [6, 6.07) is -0.311. The molecule has 1 saturated heterocycles. The van der Waals surface area contributed by atoms with Gasteiger partial charge in [-0.25, -0.2) is 0 Å². The van der Waals surface area contributed by atoms with Crippen LogP contribution < -0.4 is 0 Å². The van der Waals surface area contributed by atoms with Gasteiger partial charge in [-0.3, -0.25) is 14.1 Å². The van der Waals surface area contributed by atoms with Gasteiger partial charge in [0.05, 0.1) is 18.4 Å². The third kappa shape index (κ3) is 1.83. The van der Waals surface area contributed by atoms with Gasteiger partial charge >= 0.3 is 10.4 Å². The molecule has 2 aliphatic heterocycles. The molecule has 0 spiro atoms. The van der Waals surface area contributed by atoms with Crippen LogP contribution in [0.25, 0.3) is 0 Å². The van der Waals surface area contributed by atoms with Gasteiger partial charge in [0.1, 0.15) is 5.69 Å². The molecule has 0 aromatic carbocycles. The predicted octanol–water partition coefficient (Wildman–Crippen LogP) is -1.32. The van der Waals surface area contributed by atoms with Gasteiger partial charge in [-0.15, -0.1) is 10.2 Å². The zero-order valence-electron chi connectivity index (χ0n) is 9.01. The van der Waals surface area contributed by atoms with Crippen molar-refractivity contribution in [2.45, 2.75) is 12.6 Å². The van der Waals surface area contributed by atoms with Crippen LogP contribution in [-0.2, 0) is 28.3 Å². The predicted molar refractivity (Wildman–Crippen MR) is 53.5 cm³/mol. The van der Waals surface area contributed by atoms with Crippen molar-refractivity contribution in [2.75, 3.05) is 13.2 Å². The molecule has 3 rings (SSSR count). The summed E-state index contributed by atoms with van der Waals surface area (Å²) in [4.78, 5) is 1.99. The topological polar surface area (TPSA) is 101 Å². The summed E-state index contributed by atoms with van der Waals surface area (Å²) in [5, 5.41) is 9.10. The lowest BCUT2D eigenvalue weighted by Gasteiger charge is -2.20. The van der Waals surface area contributed by atoms with Crippen molar-refractivity contribution in [1.29, 1.82) is 0 Å². The number of nitrogens with zero attached hydrogens (tertiary/aromatic N) is 5. The molecule has 94 valence electrons. The Balaban J connectivity index is 1.94. The first kappa shape index (κ1) is 11.0. The Morgan fingerprint density at radius 1 is 1.53 bits per heavy atom. The van der Waals surface area contributed by atoms with Gasteiger partial charge in [-0.05, 0) is 0 Å². The normalized spacial score (nSPS) is 28.4. The van der Waals surface area contributed by atoms with Crippen molar-refractivity contribution in [3.8, 4) is 0 Å². The highest BCUT2D eigenvalue weighted by Gasteiger charge is 2.42. The molecular weight excluding hydrogens is 250 g/mol. The van der Waals surface area contributed by atoms with Crippen LogP contribution in [0.3, 0.4) is 0 Å². The molecule has 1 aromatic heterocycles. The molecular formula is C7H11N5O4S. The zero-order chi connectivity index (χ0) is 12.2. The van der Waals surface area contributed by atoms with Crippen molar-refractivity contribution >= 4 is 10.4 Å². The largest absolute Gasteiger partial charge is 0.413 e. The lowest BCUT2D eigenvalue weighted by atomic mass is 10.1. The molecule has 2 bridgehead atoms. The van der Waals surface area contributed by atoms with Crippen molar-refractivity contribution < 1.29 is 17.3 Å². The maximum atomic E-state index is 10.7. The van der Waals surface area contributed by atoms with Crippen LogP contribution in [0, 0.1) is 0 Å². The summed E-state index contributed by atoms with van der Waals surface area (Å²) in [5.41, 5.74) is 1.63. The SMILES string of the molecule is Cn1nnc2c1CN1CC2N(OS(=O)(=O)O)C1. The summed E-state index contributed by atoms with van der Waals surface area (Å²) in [7, 11) is -2.71. The number of fused-ring (bicyclic) bond motifs is 4. The lowest BCUT2D eigenvalue weighted by molar-refractivity contribution is -0.0803. The summed E-state index contributed by atoms with van der Waals surface area (Å²) < 4.78 is 36.3. The van der Waals surface area contributed by atoms with Crippen molar-refractivity contribution in [2.24, 2.45) is 7.05 Å². The Labute approximate surface area is 97.5 Å². The number of hydrogen-bond donors (Lipinski definition) is 1. The van der Waals surface area contributed by atoms with E-state index in [9.17, 15) is 8.42 Å². The molecule has 10 heteroatoms. The minimum absolute atomic E-state index is 0.306. The molecule has 2 atom stereocenters. The monoisotopic (exact) mass is 261 g/mol. The standard InChI is InChI=1S/C7H11N5O4S/c1-10-5-2-11-3-6(7(5)8-9-10)12(4-11)16-17(13,14)15/h6H,2-4H2,1H3,(H,13,14,15). The van der Waals surface area contributed by atoms with E-state index in [0.29, 0.717) is 25.5 Å². The van der Waals surface area contributed by atoms with Crippen molar-refractivity contribution in [3.63, 3.8) is 0 Å². The summed E-state index contributed by atoms with van der Waals surface area (Å²) >= 11 is 0. The average molecular weight is 261 g/mol. The van der Waals surface area contributed by atoms with Gasteiger partial charge in [-0.2, -0.15) is 12.7 Å². The van der Waals surface area contributed by atoms with Crippen molar-refractivity contribution in [1.82, 2.24) is 25.0 Å². The van der Waals surface area contributed by atoms with Crippen LogP contribution >= 0.6 is 0 Å². The molecule has 2 unspecified atom stereocenters.